The van der Waals surface area contributed by atoms with Gasteiger partial charge in [0, 0.05) is 28.9 Å². The van der Waals surface area contributed by atoms with Gasteiger partial charge in [0.15, 0.2) is 5.82 Å². The van der Waals surface area contributed by atoms with Gasteiger partial charge in [0.2, 0.25) is 0 Å². The fourth-order valence-corrected chi connectivity index (χ4v) is 2.27. The lowest BCUT2D eigenvalue weighted by molar-refractivity contribution is 1.14. The molecule has 0 bridgehead atoms. The van der Waals surface area contributed by atoms with Gasteiger partial charge in [0.1, 0.15) is 10.3 Å². The highest BCUT2D eigenvalue weighted by atomic mass is 35.5. The van der Waals surface area contributed by atoms with Crippen LogP contribution in [-0.2, 0) is 0 Å². The van der Waals surface area contributed by atoms with Gasteiger partial charge in [-0.25, -0.2) is 9.97 Å². The van der Waals surface area contributed by atoms with Gasteiger partial charge in [-0.15, -0.1) is 0 Å². The molecule has 0 aliphatic carbocycles. The molecule has 0 saturated carbocycles. The number of hydrogen-bond donors (Lipinski definition) is 0. The molecule has 94 valence electrons. The third-order valence-electron chi connectivity index (χ3n) is 2.94. The van der Waals surface area contributed by atoms with Crippen molar-refractivity contribution in [1.82, 2.24) is 15.0 Å². The van der Waals surface area contributed by atoms with E-state index in [0.29, 0.717) is 21.7 Å². The van der Waals surface area contributed by atoms with Gasteiger partial charge in [-0.2, -0.15) is 0 Å². The summed E-state index contributed by atoms with van der Waals surface area (Å²) < 4.78 is 0. The fraction of sp³-hybridized carbons (Fsp3) is 0.0714. The zero-order valence-corrected chi connectivity index (χ0v) is 11.6. The lowest BCUT2D eigenvalue weighted by Gasteiger charge is -2.07. The van der Waals surface area contributed by atoms with Gasteiger partial charge in [0.05, 0.1) is 0 Å². The lowest BCUT2D eigenvalue weighted by atomic mass is 10.1. The van der Waals surface area contributed by atoms with Crippen LogP contribution in [0.4, 0.5) is 0 Å². The molecule has 0 unspecified atom stereocenters. The topological polar surface area (TPSA) is 38.7 Å². The Morgan fingerprint density at radius 3 is 2.37 bits per heavy atom. The molecule has 0 radical (unpaired) electrons. The first-order chi connectivity index (χ1) is 9.16. The van der Waals surface area contributed by atoms with Crippen molar-refractivity contribution in [3.63, 3.8) is 0 Å². The van der Waals surface area contributed by atoms with Crippen LogP contribution >= 0.6 is 23.2 Å². The molecule has 3 aromatic rings. The van der Waals surface area contributed by atoms with Crippen LogP contribution in [0.25, 0.3) is 22.2 Å². The third kappa shape index (κ3) is 2.15. The van der Waals surface area contributed by atoms with Crippen LogP contribution in [0.1, 0.15) is 5.56 Å². The number of pyridine rings is 1. The van der Waals surface area contributed by atoms with E-state index in [-0.39, 0.29) is 0 Å². The van der Waals surface area contributed by atoms with E-state index in [9.17, 15) is 0 Å². The van der Waals surface area contributed by atoms with Crippen molar-refractivity contribution in [2.45, 2.75) is 6.92 Å². The number of rotatable bonds is 1. The summed E-state index contributed by atoms with van der Waals surface area (Å²) in [4.78, 5) is 12.8. The summed E-state index contributed by atoms with van der Waals surface area (Å²) in [5.74, 6) is 0.491. The summed E-state index contributed by atoms with van der Waals surface area (Å²) in [7, 11) is 0. The van der Waals surface area contributed by atoms with Gasteiger partial charge in [-0.1, -0.05) is 47.5 Å². The highest BCUT2D eigenvalue weighted by Crippen LogP contribution is 2.28. The quantitative estimate of drug-likeness (QED) is 0.627. The first kappa shape index (κ1) is 12.3. The normalized spacial score (nSPS) is 10.9. The van der Waals surface area contributed by atoms with E-state index in [1.807, 2.05) is 24.3 Å². The largest absolute Gasteiger partial charge is 0.263 e. The fourth-order valence-electron chi connectivity index (χ4n) is 1.88. The first-order valence-corrected chi connectivity index (χ1v) is 6.45. The Labute approximate surface area is 120 Å². The maximum atomic E-state index is 6.06. The highest BCUT2D eigenvalue weighted by molar-refractivity contribution is 6.34. The Morgan fingerprint density at radius 2 is 1.63 bits per heavy atom. The summed E-state index contributed by atoms with van der Waals surface area (Å²) in [5.41, 5.74) is 1.50. The van der Waals surface area contributed by atoms with Crippen LogP contribution in [0.15, 0.2) is 36.7 Å². The maximum absolute atomic E-state index is 6.06. The first-order valence-electron chi connectivity index (χ1n) is 5.69. The third-order valence-corrected chi connectivity index (χ3v) is 3.67. The van der Waals surface area contributed by atoms with Gasteiger partial charge in [-0.05, 0) is 12.3 Å². The van der Waals surface area contributed by atoms with Crippen LogP contribution in [0.5, 0.6) is 0 Å². The molecule has 0 atom stereocenters. The molecule has 2 aromatic heterocycles. The number of nitrogens with zero attached hydrogens (tertiary/aromatic N) is 3. The average Bonchev–Trinajstić information content (AvgIpc) is 2.43. The zero-order chi connectivity index (χ0) is 13.4. The Hall–Kier alpha value is -1.71. The van der Waals surface area contributed by atoms with E-state index in [2.05, 4.69) is 15.0 Å². The van der Waals surface area contributed by atoms with E-state index in [0.717, 1.165) is 16.3 Å². The Balaban J connectivity index is 2.31. The van der Waals surface area contributed by atoms with Crippen molar-refractivity contribution in [2.24, 2.45) is 0 Å². The van der Waals surface area contributed by atoms with Crippen molar-refractivity contribution < 1.29 is 0 Å². The molecule has 3 nitrogen and oxygen atoms in total. The predicted octanol–water partition coefficient (Wildman–Crippen LogP) is 4.31. The monoisotopic (exact) mass is 289 g/mol. The predicted molar refractivity (Wildman–Crippen MR) is 77.5 cm³/mol. The molecule has 19 heavy (non-hydrogen) atoms. The van der Waals surface area contributed by atoms with E-state index < -0.39 is 0 Å². The summed E-state index contributed by atoms with van der Waals surface area (Å²) in [6.07, 6.45) is 3.52. The molecule has 0 spiro atoms. The van der Waals surface area contributed by atoms with Gasteiger partial charge < -0.3 is 0 Å². The molecular formula is C14H9Cl2N3. The highest BCUT2D eigenvalue weighted by Gasteiger charge is 2.11. The summed E-state index contributed by atoms with van der Waals surface area (Å²) >= 11 is 12.1. The van der Waals surface area contributed by atoms with Gasteiger partial charge in [-0.3, -0.25) is 4.98 Å². The van der Waals surface area contributed by atoms with Crippen LogP contribution in [-0.4, -0.2) is 15.0 Å². The van der Waals surface area contributed by atoms with Crippen LogP contribution in [0.3, 0.4) is 0 Å². The molecule has 0 aliphatic heterocycles. The second-order valence-electron chi connectivity index (χ2n) is 4.16. The van der Waals surface area contributed by atoms with Gasteiger partial charge >= 0.3 is 0 Å². The average molecular weight is 290 g/mol. The Morgan fingerprint density at radius 1 is 0.947 bits per heavy atom. The standard InChI is InChI=1S/C14H9Cl2N3/c1-8-12(15)18-14(19-13(8)16)11-7-17-6-9-4-2-3-5-10(9)11/h2-7H,1H3. The smallest absolute Gasteiger partial charge is 0.164 e. The molecule has 5 heteroatoms. The zero-order valence-electron chi connectivity index (χ0n) is 10.1. The van der Waals surface area contributed by atoms with Crippen LogP contribution in [0.2, 0.25) is 10.3 Å². The summed E-state index contributed by atoms with van der Waals surface area (Å²) in [6, 6.07) is 7.91. The van der Waals surface area contributed by atoms with E-state index in [4.69, 9.17) is 23.2 Å². The number of benzene rings is 1. The lowest BCUT2D eigenvalue weighted by Crippen LogP contribution is -1.95. The van der Waals surface area contributed by atoms with Crippen molar-refractivity contribution in [2.75, 3.05) is 0 Å². The van der Waals surface area contributed by atoms with Gasteiger partial charge in [0.25, 0.3) is 0 Å². The van der Waals surface area contributed by atoms with Crippen molar-refractivity contribution in [1.29, 1.82) is 0 Å². The van der Waals surface area contributed by atoms with Crippen LogP contribution in [0, 0.1) is 6.92 Å². The summed E-state index contributed by atoms with van der Waals surface area (Å²) in [5, 5.41) is 2.77. The van der Waals surface area contributed by atoms with E-state index in [1.165, 1.54) is 0 Å². The van der Waals surface area contributed by atoms with Crippen molar-refractivity contribution in [3.8, 4) is 11.4 Å². The molecule has 1 aromatic carbocycles. The summed E-state index contributed by atoms with van der Waals surface area (Å²) in [6.45, 7) is 1.79. The number of halogens is 2. The minimum absolute atomic E-state index is 0.364. The van der Waals surface area contributed by atoms with E-state index in [1.54, 1.807) is 19.3 Å². The minimum atomic E-state index is 0.364. The van der Waals surface area contributed by atoms with Crippen molar-refractivity contribution in [3.05, 3.63) is 52.5 Å². The second-order valence-corrected chi connectivity index (χ2v) is 4.88. The second kappa shape index (κ2) is 4.76. The van der Waals surface area contributed by atoms with Crippen molar-refractivity contribution >= 4 is 34.0 Å². The molecule has 0 fully saturated rings. The molecule has 0 N–H and O–H groups in total. The molecular weight excluding hydrogens is 281 g/mol. The SMILES string of the molecule is Cc1c(Cl)nc(-c2cncc3ccccc23)nc1Cl. The molecule has 0 saturated heterocycles. The maximum Gasteiger partial charge on any atom is 0.164 e. The molecule has 2 heterocycles. The molecule has 3 rings (SSSR count). The Kier molecular flexibility index (Phi) is 3.09. The number of hydrogen-bond acceptors (Lipinski definition) is 3. The molecule has 0 aliphatic rings. The number of aromatic nitrogens is 3. The Bertz CT molecular complexity index is 743. The van der Waals surface area contributed by atoms with E-state index >= 15 is 0 Å². The minimum Gasteiger partial charge on any atom is -0.263 e. The number of fused-ring (bicyclic) bond motifs is 1. The molecule has 0 amide bonds. The van der Waals surface area contributed by atoms with Crippen LogP contribution < -0.4 is 0 Å².